The van der Waals surface area contributed by atoms with Crippen molar-refractivity contribution in [3.63, 3.8) is 0 Å². The van der Waals surface area contributed by atoms with Gasteiger partial charge in [0, 0.05) is 9.75 Å². The summed E-state index contributed by atoms with van der Waals surface area (Å²) < 4.78 is 0. The van der Waals surface area contributed by atoms with Gasteiger partial charge in [0.25, 0.3) is 0 Å². The molecule has 18 heavy (non-hydrogen) atoms. The fourth-order valence-electron chi connectivity index (χ4n) is 1.93. The highest BCUT2D eigenvalue weighted by Gasteiger charge is 2.12. The molecule has 1 heterocycles. The Morgan fingerprint density at radius 1 is 1.00 bits per heavy atom. The second-order valence-corrected chi connectivity index (χ2v) is 6.96. The van der Waals surface area contributed by atoms with Crippen LogP contribution in [-0.4, -0.2) is 0 Å². The third-order valence-electron chi connectivity index (χ3n) is 3.18. The smallest absolute Gasteiger partial charge is 0.0738 e. The lowest BCUT2D eigenvalue weighted by Gasteiger charge is -2.10. The molecule has 0 radical (unpaired) electrons. The summed E-state index contributed by atoms with van der Waals surface area (Å²) in [5.74, 6) is 0.598. The maximum Gasteiger partial charge on any atom is 0.0738 e. The summed E-state index contributed by atoms with van der Waals surface area (Å²) in [6.07, 6.45) is 1.12. The molecule has 0 bridgehead atoms. The van der Waals surface area contributed by atoms with Crippen LogP contribution in [0.2, 0.25) is 0 Å². The van der Waals surface area contributed by atoms with E-state index in [9.17, 15) is 0 Å². The normalized spacial score (nSPS) is 12.9. The summed E-state index contributed by atoms with van der Waals surface area (Å²) in [5.41, 5.74) is 2.74. The first-order valence-electron chi connectivity index (χ1n) is 6.44. The highest BCUT2D eigenvalue weighted by atomic mass is 79.9. The van der Waals surface area contributed by atoms with Gasteiger partial charge in [0.15, 0.2) is 0 Å². The molecule has 2 aromatic rings. The molecule has 0 saturated carbocycles. The van der Waals surface area contributed by atoms with Crippen molar-refractivity contribution in [3.05, 3.63) is 57.3 Å². The number of alkyl halides is 1. The van der Waals surface area contributed by atoms with Crippen molar-refractivity contribution < 1.29 is 0 Å². The Bertz CT molecular complexity index is 496. The van der Waals surface area contributed by atoms with E-state index in [4.69, 9.17) is 0 Å². The number of benzene rings is 1. The largest absolute Gasteiger partial charge is 0.144 e. The number of rotatable bonds is 4. The number of thiophene rings is 1. The molecule has 0 fully saturated rings. The van der Waals surface area contributed by atoms with Gasteiger partial charge >= 0.3 is 0 Å². The Morgan fingerprint density at radius 2 is 1.61 bits per heavy atom. The van der Waals surface area contributed by atoms with E-state index in [-0.39, 0.29) is 0 Å². The zero-order valence-electron chi connectivity index (χ0n) is 11.1. The van der Waals surface area contributed by atoms with Crippen molar-refractivity contribution in [2.45, 2.75) is 37.9 Å². The highest BCUT2D eigenvalue weighted by Crippen LogP contribution is 2.35. The number of aryl methyl sites for hydroxylation is 1. The average Bonchev–Trinajstić information content (AvgIpc) is 2.86. The maximum absolute atomic E-state index is 3.81. The molecular formula is C16H19BrS. The molecule has 0 nitrogen and oxygen atoms in total. The van der Waals surface area contributed by atoms with Crippen molar-refractivity contribution in [3.8, 4) is 0 Å². The van der Waals surface area contributed by atoms with Crippen molar-refractivity contribution in [1.82, 2.24) is 0 Å². The van der Waals surface area contributed by atoms with Crippen LogP contribution in [0.1, 0.15) is 52.4 Å². The Morgan fingerprint density at radius 3 is 2.11 bits per heavy atom. The monoisotopic (exact) mass is 322 g/mol. The first-order valence-corrected chi connectivity index (χ1v) is 8.17. The Hall–Kier alpha value is -0.600. The minimum absolute atomic E-state index is 0.323. The molecule has 96 valence electrons. The van der Waals surface area contributed by atoms with Crippen LogP contribution in [0.15, 0.2) is 36.4 Å². The van der Waals surface area contributed by atoms with Crippen molar-refractivity contribution >= 4 is 27.3 Å². The molecule has 0 saturated heterocycles. The van der Waals surface area contributed by atoms with E-state index in [1.807, 2.05) is 11.3 Å². The molecule has 1 unspecified atom stereocenters. The van der Waals surface area contributed by atoms with Crippen LogP contribution in [0.4, 0.5) is 0 Å². The van der Waals surface area contributed by atoms with Crippen molar-refractivity contribution in [1.29, 1.82) is 0 Å². The van der Waals surface area contributed by atoms with E-state index < -0.39 is 0 Å². The predicted molar refractivity (Wildman–Crippen MR) is 85.0 cm³/mol. The number of hydrogen-bond donors (Lipinski definition) is 0. The van der Waals surface area contributed by atoms with E-state index in [2.05, 4.69) is 73.1 Å². The molecule has 1 atom stereocenters. The van der Waals surface area contributed by atoms with Gasteiger partial charge in [-0.3, -0.25) is 0 Å². The first-order chi connectivity index (χ1) is 8.61. The van der Waals surface area contributed by atoms with Gasteiger partial charge in [-0.05, 0) is 35.6 Å². The molecule has 0 amide bonds. The fourth-order valence-corrected chi connectivity index (χ4v) is 3.63. The molecule has 0 N–H and O–H groups in total. The van der Waals surface area contributed by atoms with Crippen LogP contribution in [0, 0.1) is 0 Å². The lowest BCUT2D eigenvalue weighted by atomic mass is 10.0. The van der Waals surface area contributed by atoms with Crippen LogP contribution in [0.5, 0.6) is 0 Å². The van der Waals surface area contributed by atoms with E-state index in [1.165, 1.54) is 20.9 Å². The Kier molecular flexibility index (Phi) is 4.63. The SMILES string of the molecule is CCc1ccc(C(Br)c2ccc(C(C)C)cc2)s1. The van der Waals surface area contributed by atoms with Gasteiger partial charge in [-0.15, -0.1) is 11.3 Å². The molecule has 2 rings (SSSR count). The summed E-state index contributed by atoms with van der Waals surface area (Å²) in [5, 5.41) is 0. The standard InChI is InChI=1S/C16H19BrS/c1-4-14-9-10-15(18-14)16(17)13-7-5-12(6-8-13)11(2)3/h5-11,16H,4H2,1-3H3. The van der Waals surface area contributed by atoms with Gasteiger partial charge in [-0.25, -0.2) is 0 Å². The van der Waals surface area contributed by atoms with E-state index in [0.29, 0.717) is 10.7 Å². The van der Waals surface area contributed by atoms with Crippen molar-refractivity contribution in [2.24, 2.45) is 0 Å². The van der Waals surface area contributed by atoms with Crippen LogP contribution in [0.3, 0.4) is 0 Å². The predicted octanol–water partition coefficient (Wildman–Crippen LogP) is 5.92. The fraction of sp³-hybridized carbons (Fsp3) is 0.375. The summed E-state index contributed by atoms with van der Waals surface area (Å²) in [4.78, 5) is 3.17. The molecule has 0 aliphatic carbocycles. The molecule has 1 aromatic heterocycles. The quantitative estimate of drug-likeness (QED) is 0.613. The van der Waals surface area contributed by atoms with E-state index >= 15 is 0 Å². The maximum atomic E-state index is 3.81. The third kappa shape index (κ3) is 3.04. The zero-order chi connectivity index (χ0) is 13.1. The molecular weight excluding hydrogens is 304 g/mol. The number of halogens is 1. The molecule has 0 aliphatic rings. The van der Waals surface area contributed by atoms with Crippen LogP contribution < -0.4 is 0 Å². The van der Waals surface area contributed by atoms with Gasteiger partial charge in [0.05, 0.1) is 4.83 Å². The summed E-state index contributed by atoms with van der Waals surface area (Å²) in [6.45, 7) is 6.66. The molecule has 0 aliphatic heterocycles. The third-order valence-corrected chi connectivity index (χ3v) is 5.80. The lowest BCUT2D eigenvalue weighted by molar-refractivity contribution is 0.865. The van der Waals surface area contributed by atoms with Gasteiger partial charge in [0.2, 0.25) is 0 Å². The molecule has 2 heteroatoms. The first kappa shape index (κ1) is 13.8. The topological polar surface area (TPSA) is 0 Å². The van der Waals surface area contributed by atoms with Gasteiger partial charge in [0.1, 0.15) is 0 Å². The number of hydrogen-bond acceptors (Lipinski definition) is 1. The van der Waals surface area contributed by atoms with E-state index in [1.54, 1.807) is 0 Å². The second kappa shape index (κ2) is 6.03. The van der Waals surface area contributed by atoms with Crippen molar-refractivity contribution in [2.75, 3.05) is 0 Å². The van der Waals surface area contributed by atoms with Gasteiger partial charge in [-0.2, -0.15) is 0 Å². The summed E-state index contributed by atoms with van der Waals surface area (Å²) in [6, 6.07) is 13.4. The highest BCUT2D eigenvalue weighted by molar-refractivity contribution is 9.09. The lowest BCUT2D eigenvalue weighted by Crippen LogP contribution is -1.92. The summed E-state index contributed by atoms with van der Waals surface area (Å²) in [7, 11) is 0. The van der Waals surface area contributed by atoms with Gasteiger partial charge < -0.3 is 0 Å². The zero-order valence-corrected chi connectivity index (χ0v) is 13.5. The minimum atomic E-state index is 0.323. The van der Waals surface area contributed by atoms with E-state index in [0.717, 1.165) is 6.42 Å². The summed E-state index contributed by atoms with van der Waals surface area (Å²) >= 11 is 5.71. The molecule has 1 aromatic carbocycles. The van der Waals surface area contributed by atoms with Crippen LogP contribution in [0.25, 0.3) is 0 Å². The Labute approximate surface area is 122 Å². The second-order valence-electron chi connectivity index (χ2n) is 4.84. The average molecular weight is 323 g/mol. The Balaban J connectivity index is 2.20. The van der Waals surface area contributed by atoms with Gasteiger partial charge in [-0.1, -0.05) is 61.0 Å². The molecule has 0 spiro atoms. The van der Waals surface area contributed by atoms with Crippen LogP contribution >= 0.6 is 27.3 Å². The minimum Gasteiger partial charge on any atom is -0.144 e. The van der Waals surface area contributed by atoms with Crippen LogP contribution in [-0.2, 0) is 6.42 Å².